The van der Waals surface area contributed by atoms with Gasteiger partial charge in [0, 0.05) is 13.2 Å². The number of nitrogens with zero attached hydrogens (tertiary/aromatic N) is 4. The van der Waals surface area contributed by atoms with E-state index in [0.29, 0.717) is 17.9 Å². The molecule has 0 aliphatic rings. The minimum Gasteiger partial charge on any atom is -0.394 e. The number of nitrogen functional groups attached to an aromatic ring is 1. The van der Waals surface area contributed by atoms with E-state index in [-0.39, 0.29) is 17.9 Å². The number of nitrogens with two attached hydrogens (primary N) is 2. The number of hydrogen-bond acceptors (Lipinski definition) is 5. The van der Waals surface area contributed by atoms with E-state index in [9.17, 15) is 9.59 Å². The number of hydrogen-bond donors (Lipinski definition) is 2. The topological polar surface area (TPSA) is 120 Å². The van der Waals surface area contributed by atoms with Crippen molar-refractivity contribution >= 4 is 23.8 Å². The summed E-state index contributed by atoms with van der Waals surface area (Å²) in [4.78, 5) is 27.6. The number of pyridine rings is 1. The van der Waals surface area contributed by atoms with Crippen LogP contribution in [-0.4, -0.2) is 34.1 Å². The van der Waals surface area contributed by atoms with Crippen LogP contribution in [0.25, 0.3) is 0 Å². The lowest BCUT2D eigenvalue weighted by Gasteiger charge is -2.13. The minimum absolute atomic E-state index is 0.0652. The molecule has 0 saturated carbocycles. The van der Waals surface area contributed by atoms with E-state index in [1.54, 1.807) is 18.3 Å². The zero-order chi connectivity index (χ0) is 14.7. The number of aromatic nitrogens is 3. The Kier molecular flexibility index (Phi) is 3.65. The number of amides is 2. The molecule has 104 valence electrons. The van der Waals surface area contributed by atoms with Crippen molar-refractivity contribution in [2.75, 3.05) is 17.7 Å². The van der Waals surface area contributed by atoms with Gasteiger partial charge in [-0.15, -0.1) is 0 Å². The first kappa shape index (κ1) is 13.5. The van der Waals surface area contributed by atoms with Gasteiger partial charge in [-0.2, -0.15) is 5.10 Å². The van der Waals surface area contributed by atoms with Gasteiger partial charge in [-0.05, 0) is 12.1 Å². The molecule has 2 aromatic heterocycles. The Hall–Kier alpha value is -2.90. The number of carbonyl (C=O) groups excluding carboxylic acids is 2. The van der Waals surface area contributed by atoms with Crippen molar-refractivity contribution in [1.29, 1.82) is 0 Å². The highest BCUT2D eigenvalue weighted by atomic mass is 16.1. The standard InChI is InChI=1S/C12H14N6O2/c1-17(7-19)12-9(13)10(11(14)20)16-18(12)6-8-4-2-3-5-15-8/h2-5,7H,6,13H2,1H3,(H2,14,20). The molecule has 2 aromatic rings. The molecule has 0 spiro atoms. The lowest BCUT2D eigenvalue weighted by molar-refractivity contribution is -0.107. The maximum Gasteiger partial charge on any atom is 0.271 e. The summed E-state index contributed by atoms with van der Waals surface area (Å²) < 4.78 is 1.42. The monoisotopic (exact) mass is 274 g/mol. The summed E-state index contributed by atoms with van der Waals surface area (Å²) >= 11 is 0. The number of carbonyl (C=O) groups is 2. The number of rotatable bonds is 5. The molecule has 0 aromatic carbocycles. The van der Waals surface area contributed by atoms with E-state index in [0.717, 1.165) is 0 Å². The molecule has 4 N–H and O–H groups in total. The molecule has 0 unspecified atom stereocenters. The molecular formula is C12H14N6O2. The molecule has 8 heteroatoms. The number of primary amides is 1. The van der Waals surface area contributed by atoms with Gasteiger partial charge < -0.3 is 16.4 Å². The fourth-order valence-corrected chi connectivity index (χ4v) is 1.83. The summed E-state index contributed by atoms with van der Waals surface area (Å²) in [6, 6.07) is 5.41. The minimum atomic E-state index is -0.747. The fraction of sp³-hybridized carbons (Fsp3) is 0.167. The van der Waals surface area contributed by atoms with Gasteiger partial charge >= 0.3 is 0 Å². The van der Waals surface area contributed by atoms with Crippen molar-refractivity contribution in [3.63, 3.8) is 0 Å². The lowest BCUT2D eigenvalue weighted by atomic mass is 10.3. The van der Waals surface area contributed by atoms with E-state index < -0.39 is 5.91 Å². The third-order valence-corrected chi connectivity index (χ3v) is 2.72. The molecule has 2 amide bonds. The van der Waals surface area contributed by atoms with Crippen molar-refractivity contribution < 1.29 is 9.59 Å². The highest BCUT2D eigenvalue weighted by Gasteiger charge is 2.21. The van der Waals surface area contributed by atoms with Crippen molar-refractivity contribution in [2.24, 2.45) is 5.73 Å². The Morgan fingerprint density at radius 3 is 2.80 bits per heavy atom. The van der Waals surface area contributed by atoms with E-state index in [1.165, 1.54) is 16.6 Å². The third-order valence-electron chi connectivity index (χ3n) is 2.72. The van der Waals surface area contributed by atoms with Gasteiger partial charge in [-0.3, -0.25) is 14.6 Å². The molecule has 8 nitrogen and oxygen atoms in total. The highest BCUT2D eigenvalue weighted by Crippen LogP contribution is 2.25. The normalized spacial score (nSPS) is 10.2. The molecule has 2 rings (SSSR count). The molecule has 0 bridgehead atoms. The van der Waals surface area contributed by atoms with Gasteiger partial charge in [-0.1, -0.05) is 6.07 Å². The van der Waals surface area contributed by atoms with Crippen molar-refractivity contribution in [2.45, 2.75) is 6.54 Å². The molecular weight excluding hydrogens is 260 g/mol. The van der Waals surface area contributed by atoms with Crippen LogP contribution in [0.2, 0.25) is 0 Å². The largest absolute Gasteiger partial charge is 0.394 e. The second kappa shape index (κ2) is 5.39. The van der Waals surface area contributed by atoms with Crippen LogP contribution in [0, 0.1) is 0 Å². The number of anilines is 2. The summed E-state index contributed by atoms with van der Waals surface area (Å²) in [5, 5.41) is 4.05. The molecule has 2 heterocycles. The Labute approximate surface area is 115 Å². The van der Waals surface area contributed by atoms with Crippen LogP contribution in [0.4, 0.5) is 11.5 Å². The van der Waals surface area contributed by atoms with Gasteiger partial charge in [0.1, 0.15) is 5.69 Å². The van der Waals surface area contributed by atoms with E-state index in [2.05, 4.69) is 10.1 Å². The summed E-state index contributed by atoms with van der Waals surface area (Å²) in [5.74, 6) is -0.442. The predicted octanol–water partition coefficient (Wildman–Crippen LogP) is -0.400. The molecule has 0 aliphatic carbocycles. The molecule has 0 radical (unpaired) electrons. The fourth-order valence-electron chi connectivity index (χ4n) is 1.83. The summed E-state index contributed by atoms with van der Waals surface area (Å²) in [5.41, 5.74) is 11.8. The van der Waals surface area contributed by atoms with Gasteiger partial charge in [-0.25, -0.2) is 4.68 Å². The zero-order valence-electron chi connectivity index (χ0n) is 10.9. The first-order valence-corrected chi connectivity index (χ1v) is 5.78. The quantitative estimate of drug-likeness (QED) is 0.719. The van der Waals surface area contributed by atoms with Crippen LogP contribution in [0.5, 0.6) is 0 Å². The Balaban J connectivity index is 2.48. The molecule has 20 heavy (non-hydrogen) atoms. The summed E-state index contributed by atoms with van der Waals surface area (Å²) in [6.45, 7) is 0.270. The third kappa shape index (κ3) is 2.44. The molecule has 0 saturated heterocycles. The molecule has 0 aliphatic heterocycles. The van der Waals surface area contributed by atoms with Crippen LogP contribution >= 0.6 is 0 Å². The van der Waals surface area contributed by atoms with Gasteiger partial charge in [0.2, 0.25) is 6.41 Å². The maximum absolute atomic E-state index is 11.3. The highest BCUT2D eigenvalue weighted by molar-refractivity contribution is 5.99. The van der Waals surface area contributed by atoms with E-state index >= 15 is 0 Å². The molecule has 0 fully saturated rings. The van der Waals surface area contributed by atoms with Crippen LogP contribution in [0.1, 0.15) is 16.2 Å². The van der Waals surface area contributed by atoms with Crippen LogP contribution in [0.3, 0.4) is 0 Å². The summed E-state index contributed by atoms with van der Waals surface area (Å²) in [7, 11) is 1.51. The second-order valence-corrected chi connectivity index (χ2v) is 4.15. The second-order valence-electron chi connectivity index (χ2n) is 4.15. The van der Waals surface area contributed by atoms with Gasteiger partial charge in [0.25, 0.3) is 5.91 Å². The average Bonchev–Trinajstić information content (AvgIpc) is 2.76. The van der Waals surface area contributed by atoms with Crippen LogP contribution in [-0.2, 0) is 11.3 Å². The van der Waals surface area contributed by atoms with Crippen molar-refractivity contribution in [3.05, 3.63) is 35.8 Å². The van der Waals surface area contributed by atoms with E-state index in [4.69, 9.17) is 11.5 Å². The first-order chi connectivity index (χ1) is 9.54. The first-order valence-electron chi connectivity index (χ1n) is 5.78. The van der Waals surface area contributed by atoms with Crippen LogP contribution < -0.4 is 16.4 Å². The Morgan fingerprint density at radius 1 is 1.50 bits per heavy atom. The van der Waals surface area contributed by atoms with Crippen molar-refractivity contribution in [3.8, 4) is 0 Å². The van der Waals surface area contributed by atoms with Crippen LogP contribution in [0.15, 0.2) is 24.4 Å². The molecule has 0 atom stereocenters. The predicted molar refractivity (Wildman–Crippen MR) is 73.0 cm³/mol. The Bertz CT molecular complexity index is 637. The van der Waals surface area contributed by atoms with Gasteiger partial charge in [0.15, 0.2) is 11.5 Å². The van der Waals surface area contributed by atoms with Gasteiger partial charge in [0.05, 0.1) is 12.2 Å². The summed E-state index contributed by atoms with van der Waals surface area (Å²) in [6.07, 6.45) is 2.22. The Morgan fingerprint density at radius 2 is 2.25 bits per heavy atom. The smallest absolute Gasteiger partial charge is 0.271 e. The maximum atomic E-state index is 11.3. The lowest BCUT2D eigenvalue weighted by Crippen LogP contribution is -2.20. The van der Waals surface area contributed by atoms with E-state index in [1.807, 2.05) is 6.07 Å². The zero-order valence-corrected chi connectivity index (χ0v) is 10.9. The average molecular weight is 274 g/mol. The van der Waals surface area contributed by atoms with Crippen molar-refractivity contribution in [1.82, 2.24) is 14.8 Å². The SMILES string of the molecule is CN(C=O)c1c(N)c(C(N)=O)nn1Cc1ccccn1.